The topological polar surface area (TPSA) is 120 Å². The molecule has 0 aromatic carbocycles. The Bertz CT molecular complexity index is 216. The van der Waals surface area contributed by atoms with E-state index in [0.29, 0.717) is 0 Å². The Kier molecular flexibility index (Phi) is 29.5. The van der Waals surface area contributed by atoms with Crippen molar-refractivity contribution in [3.05, 3.63) is 38.0 Å². The summed E-state index contributed by atoms with van der Waals surface area (Å²) in [6.07, 6.45) is 2.17. The molecule has 0 rings (SSSR count). The standard InChI is InChI=1S/3C3H4O2.Tb/c3*1-2-3(4)5;/h3*2H,1H2,(H,4,5);/q;;;+3/p-3. The minimum absolute atomic E-state index is 0. The third-order valence-corrected chi connectivity index (χ3v) is 0.500. The normalized spacial score (nSPS) is 6.00. The van der Waals surface area contributed by atoms with E-state index in [9.17, 15) is 0 Å². The van der Waals surface area contributed by atoms with Gasteiger partial charge in [0.1, 0.15) is 0 Å². The molecule has 0 aromatic heterocycles. The Morgan fingerprint density at radius 2 is 0.750 bits per heavy atom. The Balaban J connectivity index is -0.0000000655. The molecule has 0 saturated heterocycles. The van der Waals surface area contributed by atoms with Gasteiger partial charge in [0.15, 0.2) is 0 Å². The minimum Gasteiger partial charge on any atom is -0.545 e. The second-order valence-corrected chi connectivity index (χ2v) is 1.57. The molecule has 0 atom stereocenters. The molecule has 0 unspecified atom stereocenters. The fourth-order valence-electron chi connectivity index (χ4n) is 0. The first-order valence-electron chi connectivity index (χ1n) is 3.32. The molecule has 0 saturated carbocycles. The maximum Gasteiger partial charge on any atom is 3.00 e. The number of carboxylic acids is 3. The predicted octanol–water partition coefficient (Wildman–Crippen LogP) is -3.23. The van der Waals surface area contributed by atoms with Gasteiger partial charge >= 0.3 is 38.6 Å². The van der Waals surface area contributed by atoms with Crippen LogP contribution in [0.3, 0.4) is 0 Å². The number of carbonyl (C=O) groups excluding carboxylic acids is 3. The van der Waals surface area contributed by atoms with E-state index in [2.05, 4.69) is 19.7 Å². The van der Waals surface area contributed by atoms with Crippen LogP contribution in [0.1, 0.15) is 0 Å². The molecular formula is C9H9O6Tb. The molecule has 6 nitrogen and oxygen atoms in total. The summed E-state index contributed by atoms with van der Waals surface area (Å²) in [7, 11) is 0. The van der Waals surface area contributed by atoms with Gasteiger partial charge in [0, 0.05) is 0 Å². The van der Waals surface area contributed by atoms with Crippen LogP contribution in [0.4, 0.5) is 0 Å². The number of carboxylic acid groups (broad SMARTS) is 3. The summed E-state index contributed by atoms with van der Waals surface area (Å²) in [5.41, 5.74) is 0. The van der Waals surface area contributed by atoms with E-state index in [0.717, 1.165) is 18.2 Å². The minimum atomic E-state index is -1.23. The Labute approximate surface area is 123 Å². The molecule has 0 bridgehead atoms. The van der Waals surface area contributed by atoms with Crippen molar-refractivity contribution in [2.45, 2.75) is 0 Å². The van der Waals surface area contributed by atoms with Gasteiger partial charge < -0.3 is 29.7 Å². The van der Waals surface area contributed by atoms with Gasteiger partial charge in [-0.2, -0.15) is 0 Å². The third-order valence-electron chi connectivity index (χ3n) is 0.500. The number of carbonyl (C=O) groups is 3. The van der Waals surface area contributed by atoms with Gasteiger partial charge in [0.2, 0.25) is 0 Å². The van der Waals surface area contributed by atoms with E-state index in [1.807, 2.05) is 0 Å². The molecule has 0 heterocycles. The van der Waals surface area contributed by atoms with Crippen LogP contribution in [-0.4, -0.2) is 17.9 Å². The summed E-state index contributed by atoms with van der Waals surface area (Å²) in [5.74, 6) is -3.69. The third kappa shape index (κ3) is 75.9. The molecule has 0 N–H and O–H groups in total. The number of aliphatic carboxylic acids is 3. The second kappa shape index (κ2) is 19.5. The van der Waals surface area contributed by atoms with E-state index in [1.165, 1.54) is 0 Å². The van der Waals surface area contributed by atoms with Crippen LogP contribution in [0.5, 0.6) is 0 Å². The van der Waals surface area contributed by atoms with Crippen molar-refractivity contribution in [3.8, 4) is 0 Å². The van der Waals surface area contributed by atoms with E-state index in [4.69, 9.17) is 29.7 Å². The monoisotopic (exact) mass is 372 g/mol. The van der Waals surface area contributed by atoms with Gasteiger partial charge in [-0.3, -0.25) is 0 Å². The molecule has 90 valence electrons. The number of hydrogen-bond acceptors (Lipinski definition) is 6. The van der Waals surface area contributed by atoms with Crippen LogP contribution in [0.2, 0.25) is 0 Å². The summed E-state index contributed by atoms with van der Waals surface area (Å²) < 4.78 is 0. The van der Waals surface area contributed by atoms with E-state index in [1.54, 1.807) is 0 Å². The molecule has 0 aliphatic rings. The van der Waals surface area contributed by atoms with Gasteiger partial charge in [-0.1, -0.05) is 19.7 Å². The second-order valence-electron chi connectivity index (χ2n) is 1.57. The van der Waals surface area contributed by atoms with Crippen molar-refractivity contribution in [3.63, 3.8) is 0 Å². The Morgan fingerprint density at radius 1 is 0.688 bits per heavy atom. The van der Waals surface area contributed by atoms with Crippen LogP contribution in [0.15, 0.2) is 38.0 Å². The zero-order chi connectivity index (χ0) is 12.9. The molecule has 0 amide bonds. The summed E-state index contributed by atoms with van der Waals surface area (Å²) in [6.45, 7) is 8.69. The van der Waals surface area contributed by atoms with Crippen molar-refractivity contribution in [2.75, 3.05) is 0 Å². The maximum atomic E-state index is 9.14. The molecule has 0 aromatic rings. The summed E-state index contributed by atoms with van der Waals surface area (Å²) in [4.78, 5) is 27.4. The van der Waals surface area contributed by atoms with E-state index in [-0.39, 0.29) is 38.6 Å². The number of hydrogen-bond donors (Lipinski definition) is 0. The zero-order valence-corrected chi connectivity index (χ0v) is 10.3. The fraction of sp³-hybridized carbons (Fsp3) is 0. The molecular weight excluding hydrogens is 363 g/mol. The SMILES string of the molecule is C=CC(=O)[O-].C=CC(=O)[O-].C=CC(=O)[O-].[Tb+3]. The van der Waals surface area contributed by atoms with Crippen LogP contribution < -0.4 is 15.3 Å². The molecule has 0 aliphatic carbocycles. The van der Waals surface area contributed by atoms with Crippen molar-refractivity contribution in [1.29, 1.82) is 0 Å². The molecule has 0 fully saturated rings. The van der Waals surface area contributed by atoms with Crippen LogP contribution in [0.25, 0.3) is 0 Å². The van der Waals surface area contributed by atoms with Gasteiger partial charge in [-0.25, -0.2) is 0 Å². The summed E-state index contributed by atoms with van der Waals surface area (Å²) in [6, 6.07) is 0. The average Bonchev–Trinajstić information content (AvgIpc) is 2.19. The summed E-state index contributed by atoms with van der Waals surface area (Å²) >= 11 is 0. The van der Waals surface area contributed by atoms with Crippen molar-refractivity contribution in [2.24, 2.45) is 0 Å². The van der Waals surface area contributed by atoms with Crippen molar-refractivity contribution < 1.29 is 68.3 Å². The first-order valence-corrected chi connectivity index (χ1v) is 3.32. The van der Waals surface area contributed by atoms with Crippen molar-refractivity contribution >= 4 is 17.9 Å². The fourth-order valence-corrected chi connectivity index (χ4v) is 0. The molecule has 7 heteroatoms. The maximum absolute atomic E-state index is 9.14. The molecule has 0 spiro atoms. The molecule has 0 aliphatic heterocycles. The number of rotatable bonds is 3. The van der Waals surface area contributed by atoms with E-state index < -0.39 is 17.9 Å². The quantitative estimate of drug-likeness (QED) is 0.481. The van der Waals surface area contributed by atoms with Crippen LogP contribution in [-0.2, 0) is 14.4 Å². The van der Waals surface area contributed by atoms with Crippen LogP contribution >= 0.6 is 0 Å². The zero-order valence-electron chi connectivity index (χ0n) is 8.14. The van der Waals surface area contributed by atoms with Gasteiger partial charge in [-0.15, -0.1) is 0 Å². The first-order chi connectivity index (χ1) is 6.81. The van der Waals surface area contributed by atoms with Crippen molar-refractivity contribution in [1.82, 2.24) is 0 Å². The smallest absolute Gasteiger partial charge is 0.545 e. The van der Waals surface area contributed by atoms with Gasteiger partial charge in [-0.05, 0) is 18.2 Å². The molecule has 16 heavy (non-hydrogen) atoms. The largest absolute Gasteiger partial charge is 3.00 e. The van der Waals surface area contributed by atoms with Crippen LogP contribution in [0, 0.1) is 38.6 Å². The predicted molar refractivity (Wildman–Crippen MR) is 45.6 cm³/mol. The summed E-state index contributed by atoms with van der Waals surface area (Å²) in [5, 5.41) is 27.4. The Hall–Kier alpha value is -1.08. The van der Waals surface area contributed by atoms with E-state index >= 15 is 0 Å². The average molecular weight is 372 g/mol. The van der Waals surface area contributed by atoms with Gasteiger partial charge in [0.25, 0.3) is 0 Å². The van der Waals surface area contributed by atoms with Gasteiger partial charge in [0.05, 0.1) is 17.9 Å². The first kappa shape index (κ1) is 24.2. The molecule has 0 radical (unpaired) electrons. The Morgan fingerprint density at radius 3 is 0.750 bits per heavy atom.